The van der Waals surface area contributed by atoms with E-state index in [0.29, 0.717) is 25.4 Å². The van der Waals surface area contributed by atoms with Gasteiger partial charge in [-0.1, -0.05) is 19.3 Å². The molecule has 120 valence electrons. The molecule has 0 aromatic carbocycles. The van der Waals surface area contributed by atoms with Crippen molar-refractivity contribution < 1.29 is 9.59 Å². The number of hydrogen-bond donors (Lipinski definition) is 3. The summed E-state index contributed by atoms with van der Waals surface area (Å²) >= 11 is 0. The first kappa shape index (κ1) is 16.3. The number of rotatable bonds is 8. The van der Waals surface area contributed by atoms with Crippen molar-refractivity contribution in [3.8, 4) is 0 Å². The minimum atomic E-state index is -0.00825. The van der Waals surface area contributed by atoms with Gasteiger partial charge in [-0.25, -0.2) is 0 Å². The summed E-state index contributed by atoms with van der Waals surface area (Å²) in [5, 5.41) is 9.28. The number of nitrogens with one attached hydrogen (secondary N) is 3. The van der Waals surface area contributed by atoms with Crippen LogP contribution in [0.3, 0.4) is 0 Å². The van der Waals surface area contributed by atoms with Gasteiger partial charge in [0, 0.05) is 31.0 Å². The van der Waals surface area contributed by atoms with Crippen molar-refractivity contribution in [2.24, 2.45) is 0 Å². The molecule has 0 aromatic heterocycles. The third-order valence-electron chi connectivity index (χ3n) is 4.69. The molecular weight excluding hydrogens is 266 g/mol. The lowest BCUT2D eigenvalue weighted by Crippen LogP contribution is -2.48. The Bertz CT molecular complexity index is 361. The summed E-state index contributed by atoms with van der Waals surface area (Å²) in [7, 11) is 1.96. The Morgan fingerprint density at radius 1 is 1.10 bits per heavy atom. The average molecular weight is 295 g/mol. The van der Waals surface area contributed by atoms with Gasteiger partial charge in [-0.15, -0.1) is 0 Å². The van der Waals surface area contributed by atoms with Gasteiger partial charge in [0.25, 0.3) is 0 Å². The lowest BCUT2D eigenvalue weighted by atomic mass is 9.79. The molecule has 2 fully saturated rings. The van der Waals surface area contributed by atoms with Crippen molar-refractivity contribution in [2.45, 2.75) is 75.8 Å². The molecule has 2 aliphatic carbocycles. The molecule has 5 nitrogen and oxygen atoms in total. The summed E-state index contributed by atoms with van der Waals surface area (Å²) in [5.74, 6) is 0.222. The van der Waals surface area contributed by atoms with E-state index in [4.69, 9.17) is 0 Å². The third-order valence-corrected chi connectivity index (χ3v) is 4.69. The van der Waals surface area contributed by atoms with Crippen LogP contribution in [0.4, 0.5) is 0 Å². The smallest absolute Gasteiger partial charge is 0.221 e. The average Bonchev–Trinajstić information content (AvgIpc) is 3.28. The van der Waals surface area contributed by atoms with E-state index in [2.05, 4.69) is 16.0 Å². The number of carbonyl (C=O) groups excluding carboxylic acids is 2. The van der Waals surface area contributed by atoms with Crippen molar-refractivity contribution in [3.05, 3.63) is 0 Å². The van der Waals surface area contributed by atoms with Gasteiger partial charge in [-0.2, -0.15) is 0 Å². The first-order valence-corrected chi connectivity index (χ1v) is 8.38. The molecular formula is C16H29N3O2. The van der Waals surface area contributed by atoms with Crippen LogP contribution in [0, 0.1) is 0 Å². The Labute approximate surface area is 127 Å². The van der Waals surface area contributed by atoms with E-state index in [1.54, 1.807) is 0 Å². The van der Waals surface area contributed by atoms with Crippen LogP contribution in [0.1, 0.15) is 64.2 Å². The van der Waals surface area contributed by atoms with E-state index >= 15 is 0 Å². The van der Waals surface area contributed by atoms with Crippen molar-refractivity contribution in [1.29, 1.82) is 0 Å². The van der Waals surface area contributed by atoms with Gasteiger partial charge in [0.05, 0.1) is 0 Å². The van der Waals surface area contributed by atoms with Crippen LogP contribution in [0.2, 0.25) is 0 Å². The minimum Gasteiger partial charge on any atom is -0.356 e. The van der Waals surface area contributed by atoms with Crippen LogP contribution in [0.15, 0.2) is 0 Å². The SMILES string of the molecule is CNC1(CC(=O)NCCCC(=O)NC2CC2)CCCCC1. The lowest BCUT2D eigenvalue weighted by Gasteiger charge is -2.36. The predicted molar refractivity (Wildman–Crippen MR) is 82.9 cm³/mol. The molecule has 0 radical (unpaired) electrons. The van der Waals surface area contributed by atoms with Gasteiger partial charge in [0.2, 0.25) is 11.8 Å². The molecule has 0 unspecified atom stereocenters. The molecule has 2 saturated carbocycles. The van der Waals surface area contributed by atoms with Crippen LogP contribution in [0.5, 0.6) is 0 Å². The highest BCUT2D eigenvalue weighted by Gasteiger charge is 2.32. The van der Waals surface area contributed by atoms with Crippen LogP contribution in [0.25, 0.3) is 0 Å². The van der Waals surface area contributed by atoms with E-state index in [-0.39, 0.29) is 17.4 Å². The zero-order chi connectivity index (χ0) is 15.1. The second-order valence-corrected chi connectivity index (χ2v) is 6.56. The quantitative estimate of drug-likeness (QED) is 0.594. The maximum Gasteiger partial charge on any atom is 0.221 e. The molecule has 0 bridgehead atoms. The molecule has 0 heterocycles. The number of hydrogen-bond acceptors (Lipinski definition) is 3. The van der Waals surface area contributed by atoms with E-state index < -0.39 is 0 Å². The Morgan fingerprint density at radius 3 is 2.43 bits per heavy atom. The molecule has 2 amide bonds. The van der Waals surface area contributed by atoms with Gasteiger partial charge < -0.3 is 16.0 Å². The highest BCUT2D eigenvalue weighted by molar-refractivity contribution is 5.78. The predicted octanol–water partition coefficient (Wildman–Crippen LogP) is 1.47. The molecule has 3 N–H and O–H groups in total. The number of carbonyl (C=O) groups is 2. The van der Waals surface area contributed by atoms with E-state index in [1.165, 1.54) is 19.3 Å². The summed E-state index contributed by atoms with van der Waals surface area (Å²) in [6.45, 7) is 0.594. The van der Waals surface area contributed by atoms with Gasteiger partial charge in [0.15, 0.2) is 0 Å². The van der Waals surface area contributed by atoms with Crippen LogP contribution >= 0.6 is 0 Å². The first-order valence-electron chi connectivity index (χ1n) is 8.38. The second-order valence-electron chi connectivity index (χ2n) is 6.56. The van der Waals surface area contributed by atoms with Crippen molar-refractivity contribution in [1.82, 2.24) is 16.0 Å². The number of amides is 2. The Morgan fingerprint density at radius 2 is 1.81 bits per heavy atom. The summed E-state index contributed by atoms with van der Waals surface area (Å²) < 4.78 is 0. The van der Waals surface area contributed by atoms with Crippen molar-refractivity contribution >= 4 is 11.8 Å². The van der Waals surface area contributed by atoms with Gasteiger partial charge in [-0.3, -0.25) is 9.59 Å². The van der Waals surface area contributed by atoms with E-state index in [0.717, 1.165) is 32.1 Å². The maximum absolute atomic E-state index is 12.1. The standard InChI is InChI=1S/C16H29N3O2/c1-17-16(9-3-2-4-10-16)12-15(21)18-11-5-6-14(20)19-13-7-8-13/h13,17H,2-12H2,1H3,(H,18,21)(H,19,20). The monoisotopic (exact) mass is 295 g/mol. The summed E-state index contributed by atoms with van der Waals surface area (Å²) in [6.07, 6.45) is 9.87. The maximum atomic E-state index is 12.1. The second kappa shape index (κ2) is 7.78. The molecule has 5 heteroatoms. The molecule has 0 spiro atoms. The molecule has 0 aromatic rings. The molecule has 0 saturated heterocycles. The Balaban J connectivity index is 1.58. The zero-order valence-corrected chi connectivity index (χ0v) is 13.2. The van der Waals surface area contributed by atoms with Gasteiger partial charge >= 0.3 is 0 Å². The fourth-order valence-corrected chi connectivity index (χ4v) is 3.12. The summed E-state index contributed by atoms with van der Waals surface area (Å²) in [5.41, 5.74) is -0.00825. The first-order chi connectivity index (χ1) is 10.1. The van der Waals surface area contributed by atoms with Gasteiger partial charge in [-0.05, 0) is 39.2 Å². The molecule has 0 atom stereocenters. The minimum absolute atomic E-state index is 0.00825. The molecule has 0 aliphatic heterocycles. The Kier molecular flexibility index (Phi) is 6.03. The topological polar surface area (TPSA) is 70.2 Å². The Hall–Kier alpha value is -1.10. The van der Waals surface area contributed by atoms with Gasteiger partial charge in [0.1, 0.15) is 0 Å². The summed E-state index contributed by atoms with van der Waals surface area (Å²) in [6, 6.07) is 0.425. The summed E-state index contributed by atoms with van der Waals surface area (Å²) in [4.78, 5) is 23.6. The molecule has 21 heavy (non-hydrogen) atoms. The largest absolute Gasteiger partial charge is 0.356 e. The highest BCUT2D eigenvalue weighted by Crippen LogP contribution is 2.30. The van der Waals surface area contributed by atoms with Crippen molar-refractivity contribution in [2.75, 3.05) is 13.6 Å². The fourth-order valence-electron chi connectivity index (χ4n) is 3.12. The molecule has 2 aliphatic rings. The molecule has 2 rings (SSSR count). The van der Waals surface area contributed by atoms with E-state index in [1.807, 2.05) is 7.05 Å². The highest BCUT2D eigenvalue weighted by atomic mass is 16.2. The fraction of sp³-hybridized carbons (Fsp3) is 0.875. The van der Waals surface area contributed by atoms with Crippen LogP contribution < -0.4 is 16.0 Å². The zero-order valence-electron chi connectivity index (χ0n) is 13.2. The lowest BCUT2D eigenvalue weighted by molar-refractivity contribution is -0.124. The van der Waals surface area contributed by atoms with Crippen molar-refractivity contribution in [3.63, 3.8) is 0 Å². The third kappa shape index (κ3) is 5.65. The van der Waals surface area contributed by atoms with Crippen LogP contribution in [-0.4, -0.2) is 37.0 Å². The van der Waals surface area contributed by atoms with Crippen LogP contribution in [-0.2, 0) is 9.59 Å². The van der Waals surface area contributed by atoms with E-state index in [9.17, 15) is 9.59 Å². The normalized spacial score (nSPS) is 20.8.